The van der Waals surface area contributed by atoms with Crippen LogP contribution in [0.4, 0.5) is 10.1 Å². The molecule has 0 amide bonds. The molecule has 0 fully saturated rings. The second-order valence-corrected chi connectivity index (χ2v) is 4.89. The Morgan fingerprint density at radius 2 is 1.95 bits per heavy atom. The minimum atomic E-state index is -0.395. The van der Waals surface area contributed by atoms with E-state index in [4.69, 9.17) is 21.9 Å². The van der Waals surface area contributed by atoms with Crippen LogP contribution in [0.3, 0.4) is 0 Å². The number of anilines is 1. The molecular weight excluding hydrogens is 293 g/mol. The molecule has 6 heteroatoms. The van der Waals surface area contributed by atoms with Gasteiger partial charge in [-0.15, -0.1) is 0 Å². The van der Waals surface area contributed by atoms with Crippen LogP contribution in [0.5, 0.6) is 0 Å². The highest BCUT2D eigenvalue weighted by molar-refractivity contribution is 6.31. The van der Waals surface area contributed by atoms with Crippen molar-refractivity contribution in [2.75, 3.05) is 5.73 Å². The number of rotatable bonds is 3. The molecule has 0 spiro atoms. The first-order valence-corrected chi connectivity index (χ1v) is 6.63. The molecule has 1 aromatic heterocycles. The summed E-state index contributed by atoms with van der Waals surface area (Å²) in [6.07, 6.45) is 0.155. The lowest BCUT2D eigenvalue weighted by Gasteiger charge is -2.02. The number of hydrogen-bond acceptors (Lipinski definition) is 4. The summed E-state index contributed by atoms with van der Waals surface area (Å²) >= 11 is 5.98. The van der Waals surface area contributed by atoms with Crippen LogP contribution in [0.1, 0.15) is 11.4 Å². The van der Waals surface area contributed by atoms with Crippen LogP contribution in [0, 0.1) is 5.82 Å². The zero-order chi connectivity index (χ0) is 14.8. The van der Waals surface area contributed by atoms with E-state index in [0.29, 0.717) is 33.6 Å². The molecule has 0 aliphatic heterocycles. The van der Waals surface area contributed by atoms with Crippen molar-refractivity contribution in [2.45, 2.75) is 6.42 Å². The normalized spacial score (nSPS) is 10.8. The number of aromatic nitrogens is 2. The summed E-state index contributed by atoms with van der Waals surface area (Å²) in [6, 6.07) is 11.7. The van der Waals surface area contributed by atoms with Gasteiger partial charge in [-0.2, -0.15) is 4.98 Å². The van der Waals surface area contributed by atoms with E-state index >= 15 is 0 Å². The van der Waals surface area contributed by atoms with Crippen LogP contribution in [-0.4, -0.2) is 10.1 Å². The van der Waals surface area contributed by atoms with Crippen LogP contribution in [0.15, 0.2) is 47.0 Å². The van der Waals surface area contributed by atoms with Gasteiger partial charge < -0.3 is 10.3 Å². The van der Waals surface area contributed by atoms with Gasteiger partial charge in [0.2, 0.25) is 0 Å². The van der Waals surface area contributed by atoms with E-state index in [0.717, 1.165) is 0 Å². The van der Waals surface area contributed by atoms with Crippen molar-refractivity contribution in [3.8, 4) is 11.5 Å². The minimum absolute atomic E-state index is 0.155. The summed E-state index contributed by atoms with van der Waals surface area (Å²) in [6.45, 7) is 0. The van der Waals surface area contributed by atoms with E-state index in [1.807, 2.05) is 12.1 Å². The Morgan fingerprint density at radius 1 is 1.14 bits per heavy atom. The highest BCUT2D eigenvalue weighted by Gasteiger charge is 2.14. The fourth-order valence-electron chi connectivity index (χ4n) is 1.99. The Morgan fingerprint density at radius 3 is 2.71 bits per heavy atom. The Kier molecular flexibility index (Phi) is 3.58. The first-order valence-electron chi connectivity index (χ1n) is 6.25. The van der Waals surface area contributed by atoms with Crippen molar-refractivity contribution >= 4 is 17.3 Å². The molecule has 0 unspecified atom stereocenters. The van der Waals surface area contributed by atoms with Gasteiger partial charge in [-0.05, 0) is 24.3 Å². The highest BCUT2D eigenvalue weighted by atomic mass is 35.5. The molecule has 0 atom stereocenters. The van der Waals surface area contributed by atoms with E-state index in [9.17, 15) is 4.39 Å². The summed E-state index contributed by atoms with van der Waals surface area (Å²) in [7, 11) is 0. The average molecular weight is 304 g/mol. The standard InChI is InChI=1S/C15H11ClFN3O/c16-11-5-3-6-12(17)10(11)8-14-19-15(21-20-14)9-4-1-2-7-13(9)18/h1-7H,8,18H2. The number of halogens is 2. The molecular formula is C15H11ClFN3O. The minimum Gasteiger partial charge on any atom is -0.398 e. The first kappa shape index (κ1) is 13.6. The lowest BCUT2D eigenvalue weighted by Crippen LogP contribution is -1.96. The van der Waals surface area contributed by atoms with Crippen LogP contribution < -0.4 is 5.73 Å². The molecule has 0 saturated carbocycles. The summed E-state index contributed by atoms with van der Waals surface area (Å²) in [5.74, 6) is 0.254. The van der Waals surface area contributed by atoms with Gasteiger partial charge in [0.1, 0.15) is 5.82 Å². The topological polar surface area (TPSA) is 64.9 Å². The summed E-state index contributed by atoms with van der Waals surface area (Å²) < 4.78 is 18.9. The van der Waals surface area contributed by atoms with Crippen molar-refractivity contribution in [1.29, 1.82) is 0 Å². The van der Waals surface area contributed by atoms with Crippen LogP contribution in [0.25, 0.3) is 11.5 Å². The van der Waals surface area contributed by atoms with Crippen molar-refractivity contribution in [3.05, 3.63) is 64.7 Å². The zero-order valence-corrected chi connectivity index (χ0v) is 11.6. The molecule has 1 heterocycles. The predicted octanol–water partition coefficient (Wildman–Crippen LogP) is 3.70. The van der Waals surface area contributed by atoms with Gasteiger partial charge in [0.15, 0.2) is 5.82 Å². The third kappa shape index (κ3) is 2.73. The largest absolute Gasteiger partial charge is 0.398 e. The second kappa shape index (κ2) is 5.54. The number of nitrogens with zero attached hydrogens (tertiary/aromatic N) is 2. The molecule has 21 heavy (non-hydrogen) atoms. The average Bonchev–Trinajstić information content (AvgIpc) is 2.92. The van der Waals surface area contributed by atoms with E-state index in [-0.39, 0.29) is 6.42 Å². The second-order valence-electron chi connectivity index (χ2n) is 4.48. The van der Waals surface area contributed by atoms with Gasteiger partial charge in [0.05, 0.1) is 5.56 Å². The van der Waals surface area contributed by atoms with Crippen LogP contribution >= 0.6 is 11.6 Å². The van der Waals surface area contributed by atoms with Gasteiger partial charge in [-0.3, -0.25) is 0 Å². The number of nitrogens with two attached hydrogens (primary N) is 1. The first-order chi connectivity index (χ1) is 10.1. The molecule has 3 aromatic rings. The fraction of sp³-hybridized carbons (Fsp3) is 0.0667. The number of nitrogen functional groups attached to an aromatic ring is 1. The molecule has 0 aliphatic rings. The van der Waals surface area contributed by atoms with Gasteiger partial charge in [0.25, 0.3) is 5.89 Å². The Balaban J connectivity index is 1.91. The lowest BCUT2D eigenvalue weighted by molar-refractivity contribution is 0.423. The van der Waals surface area contributed by atoms with Crippen molar-refractivity contribution in [1.82, 2.24) is 10.1 Å². The molecule has 0 saturated heterocycles. The van der Waals surface area contributed by atoms with Crippen molar-refractivity contribution < 1.29 is 8.91 Å². The molecule has 3 rings (SSSR count). The maximum absolute atomic E-state index is 13.7. The quantitative estimate of drug-likeness (QED) is 0.749. The lowest BCUT2D eigenvalue weighted by atomic mass is 10.1. The van der Waals surface area contributed by atoms with Gasteiger partial charge in [-0.1, -0.05) is 35.0 Å². The number of para-hydroxylation sites is 1. The van der Waals surface area contributed by atoms with E-state index < -0.39 is 5.82 Å². The van der Waals surface area contributed by atoms with Gasteiger partial charge >= 0.3 is 0 Å². The number of hydrogen-bond donors (Lipinski definition) is 1. The van der Waals surface area contributed by atoms with Gasteiger partial charge in [-0.25, -0.2) is 4.39 Å². The Bertz CT molecular complexity index is 768. The summed E-state index contributed by atoms with van der Waals surface area (Å²) in [4.78, 5) is 4.24. The fourth-order valence-corrected chi connectivity index (χ4v) is 2.22. The molecule has 2 N–H and O–H groups in total. The summed E-state index contributed by atoms with van der Waals surface area (Å²) in [5, 5.41) is 4.18. The van der Waals surface area contributed by atoms with E-state index in [2.05, 4.69) is 10.1 Å². The van der Waals surface area contributed by atoms with E-state index in [1.54, 1.807) is 24.3 Å². The maximum atomic E-state index is 13.7. The number of benzene rings is 2. The molecule has 0 bridgehead atoms. The smallest absolute Gasteiger partial charge is 0.260 e. The SMILES string of the molecule is Nc1ccccc1-c1nc(Cc2c(F)cccc2Cl)no1. The van der Waals surface area contributed by atoms with Gasteiger partial charge in [0, 0.05) is 22.7 Å². The molecule has 106 valence electrons. The molecule has 0 aliphatic carbocycles. The molecule has 4 nitrogen and oxygen atoms in total. The summed E-state index contributed by atoms with van der Waals surface area (Å²) in [5.41, 5.74) is 7.38. The van der Waals surface area contributed by atoms with Crippen molar-refractivity contribution in [2.24, 2.45) is 0 Å². The molecule has 2 aromatic carbocycles. The van der Waals surface area contributed by atoms with E-state index in [1.165, 1.54) is 6.07 Å². The molecule has 0 radical (unpaired) electrons. The Hall–Kier alpha value is -2.40. The predicted molar refractivity (Wildman–Crippen MR) is 78.4 cm³/mol. The van der Waals surface area contributed by atoms with Crippen LogP contribution in [-0.2, 0) is 6.42 Å². The van der Waals surface area contributed by atoms with Crippen LogP contribution in [0.2, 0.25) is 5.02 Å². The monoisotopic (exact) mass is 303 g/mol. The third-order valence-corrected chi connectivity index (χ3v) is 3.41. The van der Waals surface area contributed by atoms with Crippen molar-refractivity contribution in [3.63, 3.8) is 0 Å². The maximum Gasteiger partial charge on any atom is 0.260 e. The Labute approximate surface area is 125 Å². The highest BCUT2D eigenvalue weighted by Crippen LogP contribution is 2.25. The zero-order valence-electron chi connectivity index (χ0n) is 10.9. The third-order valence-electron chi connectivity index (χ3n) is 3.06.